The quantitative estimate of drug-likeness (QED) is 0.111. The van der Waals surface area contributed by atoms with E-state index >= 15 is 0 Å². The fraction of sp³-hybridized carbons (Fsp3) is 0. The zero-order chi connectivity index (χ0) is 52.4. The Morgan fingerprint density at radius 2 is 0.284 bits per heavy atom. The monoisotopic (exact) mass is 1180 g/mol. The smallest absolute Gasteiger partial charge is 0.324 e. The number of hydrogen-bond acceptors (Lipinski definition) is 12. The third-order valence-corrected chi connectivity index (χ3v) is 14.9. The van der Waals surface area contributed by atoms with Crippen LogP contribution in [0.15, 0.2) is 194 Å². The molecular weight excluding hydrogens is 1140 g/mol. The van der Waals surface area contributed by atoms with Crippen LogP contribution in [0.5, 0.6) is 0 Å². The van der Waals surface area contributed by atoms with Crippen LogP contribution in [0.2, 0.25) is 0 Å². The Hall–Kier alpha value is -9.94. The summed E-state index contributed by atoms with van der Waals surface area (Å²) in [5, 5.41) is 7.64. The Morgan fingerprint density at radius 1 is 0.160 bits per heavy atom. The van der Waals surface area contributed by atoms with Gasteiger partial charge in [0, 0.05) is 87.6 Å². The van der Waals surface area contributed by atoms with E-state index in [0.29, 0.717) is 91.8 Å². The summed E-state index contributed by atoms with van der Waals surface area (Å²) in [5.74, 6) is 4.78. The van der Waals surface area contributed by atoms with Crippen LogP contribution in [0, 0.1) is 49.4 Å². The fourth-order valence-corrected chi connectivity index (χ4v) is 11.2. The van der Waals surface area contributed by atoms with Crippen LogP contribution in [0.1, 0.15) is 0 Å². The van der Waals surface area contributed by atoms with Gasteiger partial charge in [-0.05, 0) is 0 Å². The molecular formula is C64H36EuN16+2. The molecule has 0 aliphatic carbocycles. The molecule has 0 saturated heterocycles. The number of rotatable bonds is 0. The van der Waals surface area contributed by atoms with Crippen molar-refractivity contribution in [3.05, 3.63) is 194 Å². The first kappa shape index (κ1) is 47.1. The Balaban J connectivity index is 0.000000132. The average molecular weight is 1180 g/mol. The van der Waals surface area contributed by atoms with Gasteiger partial charge in [0.25, 0.3) is 0 Å². The molecule has 0 atom stereocenters. The minimum atomic E-state index is 0. The van der Waals surface area contributed by atoms with Gasteiger partial charge in [0.15, 0.2) is 46.6 Å². The van der Waals surface area contributed by atoms with Crippen LogP contribution >= 0.6 is 0 Å². The molecule has 377 valence electrons. The average Bonchev–Trinajstić information content (AvgIpc) is 4.53. The molecule has 81 heavy (non-hydrogen) atoms. The summed E-state index contributed by atoms with van der Waals surface area (Å²) in [5.41, 5.74) is 12.9. The van der Waals surface area contributed by atoms with E-state index < -0.39 is 0 Å². The molecule has 6 aromatic heterocycles. The van der Waals surface area contributed by atoms with Gasteiger partial charge in [0.2, 0.25) is 0 Å². The van der Waals surface area contributed by atoms with E-state index in [1.165, 1.54) is 0 Å². The fourth-order valence-electron chi connectivity index (χ4n) is 11.2. The first-order valence-electron chi connectivity index (χ1n) is 26.0. The molecule has 8 aromatic carbocycles. The number of fused-ring (bicyclic) bond motifs is 40. The normalized spacial score (nSPS) is 11.9. The molecule has 1 radical (unpaired) electrons. The van der Waals surface area contributed by atoms with Gasteiger partial charge in [-0.1, -0.05) is 194 Å². The van der Waals surface area contributed by atoms with Crippen molar-refractivity contribution in [1.29, 1.82) is 0 Å². The maximum atomic E-state index is 5.02. The predicted molar refractivity (Wildman–Crippen MR) is 312 cm³/mol. The van der Waals surface area contributed by atoms with Crippen molar-refractivity contribution in [3.8, 4) is 91.1 Å². The number of aromatic nitrogens is 16. The van der Waals surface area contributed by atoms with E-state index in [9.17, 15) is 0 Å². The summed E-state index contributed by atoms with van der Waals surface area (Å²) in [4.78, 5) is 73.5. The van der Waals surface area contributed by atoms with Crippen LogP contribution in [-0.4, -0.2) is 79.7 Å². The van der Waals surface area contributed by atoms with Crippen LogP contribution in [-0.2, 0) is 0 Å². The van der Waals surface area contributed by atoms with Crippen LogP contribution in [0.4, 0.5) is 0 Å². The second kappa shape index (κ2) is 18.6. The van der Waals surface area contributed by atoms with E-state index in [4.69, 9.17) is 59.8 Å². The number of hydrogen-bond donors (Lipinski definition) is 4. The summed E-state index contributed by atoms with van der Waals surface area (Å²) >= 11 is 0. The molecule has 0 saturated carbocycles. The summed E-state index contributed by atoms with van der Waals surface area (Å²) < 4.78 is 0. The van der Waals surface area contributed by atoms with E-state index in [1.807, 2.05) is 194 Å². The third-order valence-electron chi connectivity index (χ3n) is 14.9. The van der Waals surface area contributed by atoms with Crippen molar-refractivity contribution in [2.75, 3.05) is 0 Å². The zero-order valence-corrected chi connectivity index (χ0v) is 44.6. The maximum Gasteiger partial charge on any atom is 2.00 e. The third kappa shape index (κ3) is 7.64. The second-order valence-corrected chi connectivity index (χ2v) is 19.6. The summed E-state index contributed by atoms with van der Waals surface area (Å²) in [6, 6.07) is 64.5. The van der Waals surface area contributed by atoms with Crippen molar-refractivity contribution >= 4 is 88.3 Å². The van der Waals surface area contributed by atoms with Gasteiger partial charge in [-0.15, -0.1) is 0 Å². The van der Waals surface area contributed by atoms with Crippen molar-refractivity contribution in [2.45, 2.75) is 0 Å². The first-order chi connectivity index (χ1) is 39.6. The molecule has 0 fully saturated rings. The molecule has 18 rings (SSSR count). The summed E-state index contributed by atoms with van der Waals surface area (Å²) in [7, 11) is 0. The van der Waals surface area contributed by atoms with E-state index in [2.05, 4.69) is 19.9 Å². The van der Waals surface area contributed by atoms with Gasteiger partial charge in [0.05, 0.1) is 0 Å². The largest absolute Gasteiger partial charge is 2.00 e. The van der Waals surface area contributed by atoms with Crippen LogP contribution in [0.3, 0.4) is 0 Å². The van der Waals surface area contributed by atoms with Crippen molar-refractivity contribution in [3.63, 3.8) is 0 Å². The zero-order valence-electron chi connectivity index (χ0n) is 42.2. The molecule has 4 N–H and O–H groups in total. The minimum Gasteiger partial charge on any atom is -0.324 e. The first-order valence-corrected chi connectivity index (χ1v) is 26.0. The van der Waals surface area contributed by atoms with Gasteiger partial charge in [0.1, 0.15) is 45.2 Å². The molecule has 4 aliphatic rings. The molecule has 0 unspecified atom stereocenters. The van der Waals surface area contributed by atoms with E-state index in [0.717, 1.165) is 87.6 Å². The Bertz CT molecular complexity index is 4390. The Morgan fingerprint density at radius 3 is 0.420 bits per heavy atom. The number of benzene rings is 8. The molecule has 0 spiro atoms. The Labute approximate surface area is 498 Å². The summed E-state index contributed by atoms with van der Waals surface area (Å²) in [6.07, 6.45) is 0. The summed E-state index contributed by atoms with van der Waals surface area (Å²) in [6.45, 7) is 0. The second-order valence-electron chi connectivity index (χ2n) is 19.6. The molecule has 0 amide bonds. The maximum absolute atomic E-state index is 5.02. The molecule has 4 aliphatic heterocycles. The van der Waals surface area contributed by atoms with Crippen molar-refractivity contribution < 1.29 is 49.4 Å². The van der Waals surface area contributed by atoms with Crippen LogP contribution in [0.25, 0.3) is 179 Å². The number of aromatic amines is 4. The molecule has 17 heteroatoms. The van der Waals surface area contributed by atoms with E-state index in [-0.39, 0.29) is 49.4 Å². The number of H-pyrrole nitrogens is 4. The molecule has 16 bridgehead atoms. The standard InChI is InChI=1S/2C32H18N8.Eu/c2*1-2-10-18-17(9-1)25-33-26(18)38-28-21-13-5-6-14-22(21)30(35-28)40-32-24-16-8-7-15-23(24)31(36-32)39-29-20-12-4-3-11-19(20)27(34-29)37-25;/h2*1-16H,(H2,33,34,35,36,37,38,39,40);/q;;+2. The molecule has 14 aromatic rings. The van der Waals surface area contributed by atoms with Gasteiger partial charge >= 0.3 is 49.4 Å². The van der Waals surface area contributed by atoms with Crippen molar-refractivity contribution in [2.24, 2.45) is 0 Å². The minimum absolute atomic E-state index is 0. The van der Waals surface area contributed by atoms with Crippen molar-refractivity contribution in [1.82, 2.24) is 79.7 Å². The van der Waals surface area contributed by atoms with Crippen LogP contribution < -0.4 is 0 Å². The topological polar surface area (TPSA) is 218 Å². The van der Waals surface area contributed by atoms with E-state index in [1.54, 1.807) is 0 Å². The molecule has 10 heterocycles. The molecule has 16 nitrogen and oxygen atoms in total. The predicted octanol–water partition coefficient (Wildman–Crippen LogP) is 13.7. The van der Waals surface area contributed by atoms with Gasteiger partial charge in [-0.25, -0.2) is 59.8 Å². The van der Waals surface area contributed by atoms with Gasteiger partial charge in [-0.3, -0.25) is 0 Å². The Kier molecular flexibility index (Phi) is 10.8. The SMILES string of the molecule is [Eu+2].c1ccc2c(c1)-c1nc-2nc2[nH]c(nc3nc(nc4[nH]c(n1)c1ccccc41)-c1ccccc1-3)c1ccccc21.c1ccc2c(c1)-c1nc-2nc2[nH]c(nc3nc(nc4[nH]c(n1)c1ccccc41)-c1ccccc1-3)c1ccccc21. The van der Waals surface area contributed by atoms with Gasteiger partial charge in [-0.2, -0.15) is 0 Å². The number of nitrogens with zero attached hydrogens (tertiary/aromatic N) is 12. The van der Waals surface area contributed by atoms with Gasteiger partial charge < -0.3 is 19.9 Å². The number of nitrogens with one attached hydrogen (secondary N) is 4.